The number of hydrogen-bond acceptors (Lipinski definition) is 4. The lowest BCUT2D eigenvalue weighted by molar-refractivity contribution is -0.137. The highest BCUT2D eigenvalue weighted by Crippen LogP contribution is 2.33. The minimum Gasteiger partial charge on any atom is -0.422 e. The van der Waals surface area contributed by atoms with E-state index in [1.807, 2.05) is 6.07 Å². The van der Waals surface area contributed by atoms with E-state index in [2.05, 4.69) is 36.4 Å². The first-order valence-electron chi connectivity index (χ1n) is 9.28. The molecule has 0 aliphatic carbocycles. The van der Waals surface area contributed by atoms with Gasteiger partial charge in [0.1, 0.15) is 0 Å². The van der Waals surface area contributed by atoms with Gasteiger partial charge in [-0.15, -0.1) is 0 Å². The number of hydrogen-bond donors (Lipinski definition) is 0. The summed E-state index contributed by atoms with van der Waals surface area (Å²) in [6, 6.07) is 5.30. The van der Waals surface area contributed by atoms with Crippen LogP contribution in [0.25, 0.3) is 0 Å². The minimum atomic E-state index is -0.279. The zero-order chi connectivity index (χ0) is 18.5. The monoisotopic (exact) mass is 460 g/mol. The maximum Gasteiger partial charge on any atom is 0.311 e. The molecular formula is C20H29IO4. The van der Waals surface area contributed by atoms with Gasteiger partial charge in [0.15, 0.2) is 11.5 Å². The molecule has 140 valence electrons. The molecule has 0 radical (unpaired) electrons. The lowest BCUT2D eigenvalue weighted by Crippen LogP contribution is -2.12. The molecule has 0 spiro atoms. The first kappa shape index (κ1) is 21.9. The van der Waals surface area contributed by atoms with Crippen LogP contribution in [0.4, 0.5) is 0 Å². The Labute approximate surface area is 164 Å². The van der Waals surface area contributed by atoms with Crippen LogP contribution in [0.2, 0.25) is 0 Å². The van der Waals surface area contributed by atoms with E-state index in [9.17, 15) is 9.59 Å². The number of ether oxygens (including phenoxy) is 2. The first-order valence-corrected chi connectivity index (χ1v) is 10.4. The lowest BCUT2D eigenvalue weighted by atomic mass is 10.1. The average molecular weight is 460 g/mol. The van der Waals surface area contributed by atoms with Crippen LogP contribution in [0.5, 0.6) is 11.5 Å². The first-order chi connectivity index (χ1) is 12.1. The van der Waals surface area contributed by atoms with Crippen LogP contribution in [-0.4, -0.2) is 11.9 Å². The van der Waals surface area contributed by atoms with Gasteiger partial charge < -0.3 is 9.47 Å². The molecule has 0 atom stereocenters. The zero-order valence-electron chi connectivity index (χ0n) is 15.3. The molecule has 5 heteroatoms. The molecule has 0 aromatic heterocycles. The van der Waals surface area contributed by atoms with Crippen LogP contribution in [0.1, 0.15) is 78.1 Å². The molecule has 0 bridgehead atoms. The van der Waals surface area contributed by atoms with E-state index < -0.39 is 0 Å². The Balaban J connectivity index is 2.58. The predicted molar refractivity (Wildman–Crippen MR) is 108 cm³/mol. The summed E-state index contributed by atoms with van der Waals surface area (Å²) < 4.78 is 11.7. The molecule has 1 aromatic carbocycles. The molecule has 0 fully saturated rings. The van der Waals surface area contributed by atoms with Crippen molar-refractivity contribution in [3.63, 3.8) is 0 Å². The smallest absolute Gasteiger partial charge is 0.311 e. The van der Waals surface area contributed by atoms with Crippen molar-refractivity contribution in [2.75, 3.05) is 0 Å². The van der Waals surface area contributed by atoms with Crippen molar-refractivity contribution in [1.29, 1.82) is 0 Å². The number of halogens is 1. The summed E-state index contributed by atoms with van der Waals surface area (Å²) in [5.74, 6) is 0.124. The fourth-order valence-corrected chi connectivity index (χ4v) is 2.98. The number of carbonyl (C=O) groups excluding carboxylic acids is 2. The van der Waals surface area contributed by atoms with Crippen LogP contribution in [0.15, 0.2) is 18.2 Å². The highest BCUT2D eigenvalue weighted by atomic mass is 127. The van der Waals surface area contributed by atoms with Crippen molar-refractivity contribution in [3.8, 4) is 11.5 Å². The summed E-state index contributed by atoms with van der Waals surface area (Å²) in [6.07, 6.45) is 8.97. The van der Waals surface area contributed by atoms with Gasteiger partial charge in [-0.3, -0.25) is 9.59 Å². The molecule has 25 heavy (non-hydrogen) atoms. The Morgan fingerprint density at radius 1 is 0.840 bits per heavy atom. The topological polar surface area (TPSA) is 52.6 Å². The second-order valence-electron chi connectivity index (χ2n) is 6.14. The quantitative estimate of drug-likeness (QED) is 0.165. The van der Waals surface area contributed by atoms with E-state index in [0.29, 0.717) is 24.3 Å². The molecule has 1 rings (SSSR count). The second kappa shape index (κ2) is 13.1. The fourth-order valence-electron chi connectivity index (χ4n) is 2.40. The molecule has 0 aliphatic rings. The minimum absolute atomic E-state index is 0.277. The van der Waals surface area contributed by atoms with E-state index in [4.69, 9.17) is 9.47 Å². The van der Waals surface area contributed by atoms with Gasteiger partial charge in [0.05, 0.1) is 3.57 Å². The van der Waals surface area contributed by atoms with E-state index in [0.717, 1.165) is 54.9 Å². The predicted octanol–water partition coefficient (Wildman–Crippen LogP) is 6.04. The standard InChI is InChI=1S/C20H29IO4/c1-3-5-7-9-14-18(22)24-17-13-11-12-16(21)20(17)25-19(23)15-10-8-6-4-2/h11-13H,3-10,14-15H2,1-2H3. The van der Waals surface area contributed by atoms with Gasteiger partial charge in [-0.25, -0.2) is 0 Å². The number of esters is 2. The molecule has 0 aliphatic heterocycles. The summed E-state index contributed by atoms with van der Waals surface area (Å²) in [4.78, 5) is 24.0. The van der Waals surface area contributed by atoms with Gasteiger partial charge >= 0.3 is 11.9 Å². The molecule has 0 amide bonds. The third-order valence-electron chi connectivity index (χ3n) is 3.84. The summed E-state index contributed by atoms with van der Waals surface area (Å²) >= 11 is 2.09. The highest BCUT2D eigenvalue weighted by Gasteiger charge is 2.16. The van der Waals surface area contributed by atoms with E-state index >= 15 is 0 Å². The molecule has 4 nitrogen and oxygen atoms in total. The van der Waals surface area contributed by atoms with Gasteiger partial charge in [-0.1, -0.05) is 58.4 Å². The summed E-state index contributed by atoms with van der Waals surface area (Å²) in [5, 5.41) is 0. The Morgan fingerprint density at radius 2 is 1.40 bits per heavy atom. The molecule has 0 saturated heterocycles. The normalized spacial score (nSPS) is 10.5. The Morgan fingerprint density at radius 3 is 1.96 bits per heavy atom. The van der Waals surface area contributed by atoms with Crippen molar-refractivity contribution < 1.29 is 19.1 Å². The molecular weight excluding hydrogens is 431 g/mol. The Kier molecular flexibility index (Phi) is 11.5. The fraction of sp³-hybridized carbons (Fsp3) is 0.600. The lowest BCUT2D eigenvalue weighted by Gasteiger charge is -2.12. The maximum absolute atomic E-state index is 12.0. The van der Waals surface area contributed by atoms with Gasteiger partial charge in [-0.05, 0) is 47.6 Å². The number of unbranched alkanes of at least 4 members (excludes halogenated alkanes) is 6. The van der Waals surface area contributed by atoms with Crippen LogP contribution in [-0.2, 0) is 9.59 Å². The van der Waals surface area contributed by atoms with Crippen LogP contribution >= 0.6 is 22.6 Å². The molecule has 0 saturated carbocycles. The largest absolute Gasteiger partial charge is 0.422 e. The van der Waals surface area contributed by atoms with Crippen molar-refractivity contribution in [2.24, 2.45) is 0 Å². The van der Waals surface area contributed by atoms with Crippen molar-refractivity contribution in [3.05, 3.63) is 21.8 Å². The van der Waals surface area contributed by atoms with E-state index in [1.165, 1.54) is 0 Å². The van der Waals surface area contributed by atoms with Crippen LogP contribution in [0, 0.1) is 3.57 Å². The third-order valence-corrected chi connectivity index (χ3v) is 4.69. The van der Waals surface area contributed by atoms with Crippen LogP contribution in [0.3, 0.4) is 0 Å². The molecule has 0 N–H and O–H groups in total. The molecule has 1 aromatic rings. The number of carbonyl (C=O) groups is 2. The van der Waals surface area contributed by atoms with Gasteiger partial charge in [0.2, 0.25) is 0 Å². The van der Waals surface area contributed by atoms with Crippen molar-refractivity contribution in [1.82, 2.24) is 0 Å². The van der Waals surface area contributed by atoms with E-state index in [1.54, 1.807) is 12.1 Å². The number of rotatable bonds is 12. The Bertz CT molecular complexity index is 542. The van der Waals surface area contributed by atoms with Gasteiger partial charge in [0, 0.05) is 12.8 Å². The molecule has 0 unspecified atom stereocenters. The summed E-state index contributed by atoms with van der Waals surface area (Å²) in [7, 11) is 0. The van der Waals surface area contributed by atoms with Crippen molar-refractivity contribution in [2.45, 2.75) is 78.1 Å². The van der Waals surface area contributed by atoms with Gasteiger partial charge in [-0.2, -0.15) is 0 Å². The SMILES string of the molecule is CCCCCCC(=O)Oc1cccc(I)c1OC(=O)CCCCCC. The number of para-hydroxylation sites is 1. The second-order valence-corrected chi connectivity index (χ2v) is 7.30. The van der Waals surface area contributed by atoms with Gasteiger partial charge in [0.25, 0.3) is 0 Å². The summed E-state index contributed by atoms with van der Waals surface area (Å²) in [5.41, 5.74) is 0. The third kappa shape index (κ3) is 9.23. The zero-order valence-corrected chi connectivity index (χ0v) is 17.5. The highest BCUT2D eigenvalue weighted by molar-refractivity contribution is 14.1. The molecule has 0 heterocycles. The van der Waals surface area contributed by atoms with Crippen LogP contribution < -0.4 is 9.47 Å². The van der Waals surface area contributed by atoms with E-state index in [-0.39, 0.29) is 11.9 Å². The van der Waals surface area contributed by atoms with Crippen molar-refractivity contribution >= 4 is 34.5 Å². The Hall–Kier alpha value is -1.11. The number of benzene rings is 1. The maximum atomic E-state index is 12.0. The average Bonchev–Trinajstić information content (AvgIpc) is 2.59. The summed E-state index contributed by atoms with van der Waals surface area (Å²) in [6.45, 7) is 4.26.